The molecule has 130 valence electrons. The first-order chi connectivity index (χ1) is 12.3. The third kappa shape index (κ3) is 4.60. The van der Waals surface area contributed by atoms with Gasteiger partial charge in [0.1, 0.15) is 17.5 Å². The summed E-state index contributed by atoms with van der Waals surface area (Å²) in [6.07, 6.45) is 3.62. The molecule has 1 N–H and O–H groups in total. The second-order valence-corrected chi connectivity index (χ2v) is 6.26. The standard InChI is InChI=1S/C18H19N3O3S/c1-23-14-5-7-15(8-6-14)24-13-18(22)19-12-16(17-4-2-11-25-17)21-10-3-9-20-21/h2-11,16H,12-13H2,1H3,(H,19,22). The summed E-state index contributed by atoms with van der Waals surface area (Å²) < 4.78 is 12.4. The molecule has 0 aliphatic rings. The number of methoxy groups -OCH3 is 1. The quantitative estimate of drug-likeness (QED) is 0.673. The third-order valence-electron chi connectivity index (χ3n) is 3.64. The monoisotopic (exact) mass is 357 g/mol. The molecule has 0 spiro atoms. The lowest BCUT2D eigenvalue weighted by Crippen LogP contribution is -2.34. The van der Waals surface area contributed by atoms with Crippen LogP contribution in [0, 0.1) is 0 Å². The van der Waals surface area contributed by atoms with E-state index < -0.39 is 0 Å². The zero-order valence-corrected chi connectivity index (χ0v) is 14.6. The molecular formula is C18H19N3O3S. The van der Waals surface area contributed by atoms with Crippen molar-refractivity contribution in [2.45, 2.75) is 6.04 Å². The van der Waals surface area contributed by atoms with E-state index in [2.05, 4.69) is 10.4 Å². The van der Waals surface area contributed by atoms with Gasteiger partial charge in [0.05, 0.1) is 7.11 Å². The van der Waals surface area contributed by atoms with E-state index in [1.807, 2.05) is 34.5 Å². The van der Waals surface area contributed by atoms with Crippen molar-refractivity contribution in [2.75, 3.05) is 20.3 Å². The molecule has 1 aromatic carbocycles. The summed E-state index contributed by atoms with van der Waals surface area (Å²) in [7, 11) is 1.60. The van der Waals surface area contributed by atoms with Crippen LogP contribution in [-0.4, -0.2) is 35.9 Å². The predicted octanol–water partition coefficient (Wildman–Crippen LogP) is 2.74. The largest absolute Gasteiger partial charge is 0.497 e. The molecule has 0 aliphatic carbocycles. The van der Waals surface area contributed by atoms with Gasteiger partial charge >= 0.3 is 0 Å². The van der Waals surface area contributed by atoms with Crippen LogP contribution < -0.4 is 14.8 Å². The van der Waals surface area contributed by atoms with Gasteiger partial charge < -0.3 is 14.8 Å². The van der Waals surface area contributed by atoms with Crippen molar-refractivity contribution in [2.24, 2.45) is 0 Å². The number of aromatic nitrogens is 2. The Morgan fingerprint density at radius 3 is 2.68 bits per heavy atom. The molecular weight excluding hydrogens is 338 g/mol. The summed E-state index contributed by atoms with van der Waals surface area (Å²) in [6, 6.07) is 13.0. The third-order valence-corrected chi connectivity index (χ3v) is 4.61. The van der Waals surface area contributed by atoms with Crippen LogP contribution in [0.5, 0.6) is 11.5 Å². The summed E-state index contributed by atoms with van der Waals surface area (Å²) in [4.78, 5) is 13.2. The highest BCUT2D eigenvalue weighted by molar-refractivity contribution is 7.10. The Bertz CT molecular complexity index is 736. The normalized spacial score (nSPS) is 11.7. The number of carbonyl (C=O) groups excluding carboxylic acids is 1. The average molecular weight is 357 g/mol. The molecule has 1 unspecified atom stereocenters. The predicted molar refractivity (Wildman–Crippen MR) is 96.2 cm³/mol. The first-order valence-corrected chi connectivity index (χ1v) is 8.70. The molecule has 0 bridgehead atoms. The van der Waals surface area contributed by atoms with Crippen LogP contribution in [0.3, 0.4) is 0 Å². The smallest absolute Gasteiger partial charge is 0.258 e. The molecule has 3 aromatic rings. The molecule has 25 heavy (non-hydrogen) atoms. The Morgan fingerprint density at radius 2 is 2.04 bits per heavy atom. The number of hydrogen-bond donors (Lipinski definition) is 1. The van der Waals surface area contributed by atoms with E-state index in [4.69, 9.17) is 9.47 Å². The van der Waals surface area contributed by atoms with E-state index in [-0.39, 0.29) is 18.6 Å². The van der Waals surface area contributed by atoms with E-state index in [9.17, 15) is 4.79 Å². The van der Waals surface area contributed by atoms with E-state index in [0.29, 0.717) is 12.3 Å². The minimum absolute atomic E-state index is 0.0278. The van der Waals surface area contributed by atoms with Gasteiger partial charge in [-0.3, -0.25) is 9.48 Å². The van der Waals surface area contributed by atoms with Crippen LogP contribution in [0.1, 0.15) is 10.9 Å². The molecule has 3 rings (SSSR count). The molecule has 2 heterocycles. The van der Waals surface area contributed by atoms with Gasteiger partial charge in [0.15, 0.2) is 6.61 Å². The maximum atomic E-state index is 12.1. The number of hydrogen-bond acceptors (Lipinski definition) is 5. The van der Waals surface area contributed by atoms with E-state index >= 15 is 0 Å². The molecule has 0 saturated carbocycles. The van der Waals surface area contributed by atoms with Crippen molar-refractivity contribution in [3.05, 3.63) is 65.1 Å². The second kappa shape index (κ2) is 8.34. The Morgan fingerprint density at radius 1 is 1.24 bits per heavy atom. The fourth-order valence-electron chi connectivity index (χ4n) is 2.35. The number of nitrogens with zero attached hydrogens (tertiary/aromatic N) is 2. The molecule has 0 radical (unpaired) electrons. The first kappa shape index (κ1) is 17.0. The van der Waals surface area contributed by atoms with Crippen LogP contribution in [0.15, 0.2) is 60.2 Å². The van der Waals surface area contributed by atoms with Crippen molar-refractivity contribution >= 4 is 17.2 Å². The minimum Gasteiger partial charge on any atom is -0.497 e. The minimum atomic E-state index is -0.176. The second-order valence-electron chi connectivity index (χ2n) is 5.29. The molecule has 0 fully saturated rings. The number of rotatable bonds is 8. The Hall–Kier alpha value is -2.80. The van der Waals surface area contributed by atoms with Crippen molar-refractivity contribution in [1.82, 2.24) is 15.1 Å². The van der Waals surface area contributed by atoms with E-state index in [1.54, 1.807) is 48.9 Å². The molecule has 1 amide bonds. The Labute approximate surface area is 150 Å². The van der Waals surface area contributed by atoms with Gasteiger partial charge in [-0.1, -0.05) is 6.07 Å². The maximum absolute atomic E-state index is 12.1. The SMILES string of the molecule is COc1ccc(OCC(=O)NCC(c2cccs2)n2cccn2)cc1. The zero-order valence-electron chi connectivity index (χ0n) is 13.8. The summed E-state index contributed by atoms with van der Waals surface area (Å²) >= 11 is 1.64. The number of amides is 1. The molecule has 7 heteroatoms. The lowest BCUT2D eigenvalue weighted by atomic mass is 10.2. The highest BCUT2D eigenvalue weighted by Gasteiger charge is 2.16. The van der Waals surface area contributed by atoms with Gasteiger partial charge in [-0.15, -0.1) is 11.3 Å². The summed E-state index contributed by atoms with van der Waals surface area (Å²) in [6.45, 7) is 0.412. The lowest BCUT2D eigenvalue weighted by Gasteiger charge is -2.17. The van der Waals surface area contributed by atoms with Crippen LogP contribution in [-0.2, 0) is 4.79 Å². The molecule has 0 aliphatic heterocycles. The van der Waals surface area contributed by atoms with E-state index in [1.165, 1.54) is 0 Å². The van der Waals surface area contributed by atoms with Gasteiger partial charge in [0, 0.05) is 23.8 Å². The van der Waals surface area contributed by atoms with Crippen LogP contribution in [0.2, 0.25) is 0 Å². The van der Waals surface area contributed by atoms with Crippen molar-refractivity contribution in [1.29, 1.82) is 0 Å². The molecule has 0 saturated heterocycles. The molecule has 1 atom stereocenters. The van der Waals surface area contributed by atoms with Gasteiger partial charge in [-0.05, 0) is 41.8 Å². The Balaban J connectivity index is 1.53. The highest BCUT2D eigenvalue weighted by Crippen LogP contribution is 2.22. The fourth-order valence-corrected chi connectivity index (χ4v) is 3.17. The van der Waals surface area contributed by atoms with Crippen LogP contribution in [0.4, 0.5) is 0 Å². The zero-order chi connectivity index (χ0) is 17.5. The number of nitrogens with one attached hydrogen (secondary N) is 1. The summed E-state index contributed by atoms with van der Waals surface area (Å²) in [5, 5.41) is 9.21. The fraction of sp³-hybridized carbons (Fsp3) is 0.222. The number of carbonyl (C=O) groups is 1. The topological polar surface area (TPSA) is 65.4 Å². The van der Waals surface area contributed by atoms with Gasteiger partial charge in [0.2, 0.25) is 0 Å². The summed E-state index contributed by atoms with van der Waals surface area (Å²) in [5.41, 5.74) is 0. The van der Waals surface area contributed by atoms with Crippen molar-refractivity contribution in [3.63, 3.8) is 0 Å². The van der Waals surface area contributed by atoms with Gasteiger partial charge in [-0.2, -0.15) is 5.10 Å². The number of benzene rings is 1. The molecule has 6 nitrogen and oxygen atoms in total. The Kier molecular flexibility index (Phi) is 5.69. The first-order valence-electron chi connectivity index (χ1n) is 7.82. The molecule has 2 aromatic heterocycles. The lowest BCUT2D eigenvalue weighted by molar-refractivity contribution is -0.123. The van der Waals surface area contributed by atoms with Crippen LogP contribution in [0.25, 0.3) is 0 Å². The number of thiophene rings is 1. The summed E-state index contributed by atoms with van der Waals surface area (Å²) in [5.74, 6) is 1.19. The van der Waals surface area contributed by atoms with Gasteiger partial charge in [-0.25, -0.2) is 0 Å². The van der Waals surface area contributed by atoms with Gasteiger partial charge in [0.25, 0.3) is 5.91 Å². The maximum Gasteiger partial charge on any atom is 0.258 e. The van der Waals surface area contributed by atoms with E-state index in [0.717, 1.165) is 10.6 Å². The number of ether oxygens (including phenoxy) is 2. The average Bonchev–Trinajstić information content (AvgIpc) is 3.35. The van der Waals surface area contributed by atoms with Crippen LogP contribution >= 0.6 is 11.3 Å². The van der Waals surface area contributed by atoms with Crippen molar-refractivity contribution < 1.29 is 14.3 Å². The van der Waals surface area contributed by atoms with Crippen molar-refractivity contribution in [3.8, 4) is 11.5 Å². The highest BCUT2D eigenvalue weighted by atomic mass is 32.1.